The Morgan fingerprint density at radius 2 is 1.79 bits per heavy atom. The minimum atomic E-state index is -0.678. The number of isocyanates is 1. The number of aliphatic imine (C=N–C) groups is 1. The number of carbonyl (C=O) groups excluding carboxylic acids is 2. The maximum atomic E-state index is 12.1. The highest BCUT2D eigenvalue weighted by molar-refractivity contribution is 6.56. The first kappa shape index (κ1) is 22.9. The van der Waals surface area contributed by atoms with Crippen LogP contribution < -0.4 is 5.32 Å². The molecule has 1 fully saturated rings. The predicted octanol–water partition coefficient (Wildman–Crippen LogP) is 4.19. The van der Waals surface area contributed by atoms with E-state index in [0.29, 0.717) is 16.7 Å². The molecule has 1 aromatic rings. The first-order valence-corrected chi connectivity index (χ1v) is 9.54. The summed E-state index contributed by atoms with van der Waals surface area (Å²) in [5.41, 5.74) is 0.138. The van der Waals surface area contributed by atoms with Crippen LogP contribution in [0.3, 0.4) is 0 Å². The molecule has 1 saturated heterocycles. The van der Waals surface area contributed by atoms with Crippen molar-refractivity contribution < 1.29 is 23.6 Å². The fourth-order valence-corrected chi connectivity index (χ4v) is 2.65. The first-order chi connectivity index (χ1) is 13.3. The number of ether oxygens (including phenoxy) is 1. The molecule has 0 radical (unpaired) electrons. The van der Waals surface area contributed by atoms with E-state index >= 15 is 0 Å². The highest BCUT2D eigenvalue weighted by Gasteiger charge is 2.52. The molecule has 0 aromatic heterocycles. The van der Waals surface area contributed by atoms with Crippen molar-refractivity contribution in [1.29, 1.82) is 0 Å². The smallest absolute Gasteiger partial charge is 0.444 e. The molecule has 0 atom stereocenters. The zero-order valence-electron chi connectivity index (χ0n) is 18.2. The van der Waals surface area contributed by atoms with Gasteiger partial charge in [-0.2, -0.15) is 4.99 Å². The molecule has 1 aliphatic rings. The second kappa shape index (κ2) is 8.53. The van der Waals surface area contributed by atoms with Crippen LogP contribution in [0.1, 0.15) is 54.0 Å². The van der Waals surface area contributed by atoms with E-state index in [1.807, 2.05) is 39.8 Å². The lowest BCUT2D eigenvalue weighted by Crippen LogP contribution is -2.41. The van der Waals surface area contributed by atoms with Crippen LogP contribution >= 0.6 is 0 Å². The highest BCUT2D eigenvalue weighted by Crippen LogP contribution is 2.39. The summed E-state index contributed by atoms with van der Waals surface area (Å²) in [6, 6.07) is 7.13. The fourth-order valence-electron chi connectivity index (χ4n) is 2.65. The Hall–Kier alpha value is -2.41. The standard InChI is InChI=1S/C21H29BN2O5/c1-19(2,3)27-18(26)23-13-16(22-28-20(4,5)21(6,7)29-22)12-15-10-8-9-11-17(15)24-14-25/h8-12H,13H2,1-7H3,(H,23,26). The van der Waals surface area contributed by atoms with E-state index in [2.05, 4.69) is 10.3 Å². The summed E-state index contributed by atoms with van der Waals surface area (Å²) in [7, 11) is -0.678. The third-order valence-corrected chi connectivity index (χ3v) is 4.84. The molecular formula is C21H29BN2O5. The Labute approximate surface area is 172 Å². The monoisotopic (exact) mass is 400 g/mol. The van der Waals surface area contributed by atoms with E-state index in [1.54, 1.807) is 45.1 Å². The van der Waals surface area contributed by atoms with Gasteiger partial charge in [-0.15, -0.1) is 0 Å². The summed E-state index contributed by atoms with van der Waals surface area (Å²) in [5.74, 6) is 0. The van der Waals surface area contributed by atoms with Gasteiger partial charge in [0.2, 0.25) is 6.08 Å². The molecule has 0 unspecified atom stereocenters. The molecule has 2 rings (SSSR count). The van der Waals surface area contributed by atoms with Crippen molar-refractivity contribution in [2.45, 2.75) is 65.3 Å². The lowest BCUT2D eigenvalue weighted by molar-refractivity contribution is 0.00578. The number of hydrogen-bond acceptors (Lipinski definition) is 6. The van der Waals surface area contributed by atoms with Gasteiger partial charge < -0.3 is 19.4 Å². The van der Waals surface area contributed by atoms with E-state index in [0.717, 1.165) is 0 Å². The van der Waals surface area contributed by atoms with Gasteiger partial charge in [0.1, 0.15) is 5.60 Å². The van der Waals surface area contributed by atoms with Gasteiger partial charge in [-0.05, 0) is 60.0 Å². The quantitative estimate of drug-likeness (QED) is 0.455. The molecule has 0 spiro atoms. The van der Waals surface area contributed by atoms with E-state index in [1.165, 1.54) is 0 Å². The summed E-state index contributed by atoms with van der Waals surface area (Å²) < 4.78 is 17.6. The molecule has 156 valence electrons. The lowest BCUT2D eigenvalue weighted by Gasteiger charge is -2.32. The fraction of sp³-hybridized carbons (Fsp3) is 0.524. The van der Waals surface area contributed by atoms with E-state index in [-0.39, 0.29) is 6.54 Å². The lowest BCUT2D eigenvalue weighted by atomic mass is 9.77. The van der Waals surface area contributed by atoms with Crippen molar-refractivity contribution in [2.75, 3.05) is 6.54 Å². The molecule has 1 N–H and O–H groups in total. The number of hydrogen-bond donors (Lipinski definition) is 1. The molecule has 7 nitrogen and oxygen atoms in total. The van der Waals surface area contributed by atoms with E-state index in [9.17, 15) is 9.59 Å². The number of amides is 1. The zero-order valence-corrected chi connectivity index (χ0v) is 18.2. The minimum Gasteiger partial charge on any atom is -0.444 e. The van der Waals surface area contributed by atoms with Gasteiger partial charge in [0.15, 0.2) is 0 Å². The summed E-state index contributed by atoms with van der Waals surface area (Å²) in [5, 5.41) is 2.75. The van der Waals surface area contributed by atoms with Crippen molar-refractivity contribution >= 4 is 31.1 Å². The number of carbonyl (C=O) groups is 1. The average molecular weight is 400 g/mol. The summed E-state index contributed by atoms with van der Waals surface area (Å²) >= 11 is 0. The van der Waals surface area contributed by atoms with Gasteiger partial charge in [-0.3, -0.25) is 0 Å². The maximum Gasteiger partial charge on any atom is 0.492 e. The molecule has 29 heavy (non-hydrogen) atoms. The first-order valence-electron chi connectivity index (χ1n) is 9.54. The molecule has 1 aromatic carbocycles. The SMILES string of the molecule is CC(C)(C)OC(=O)NCC(=Cc1ccccc1N=C=O)B1OC(C)(C)C(C)(C)O1. The van der Waals surface area contributed by atoms with Gasteiger partial charge >= 0.3 is 13.2 Å². The van der Waals surface area contributed by atoms with Crippen molar-refractivity contribution in [3.05, 3.63) is 35.3 Å². The van der Waals surface area contributed by atoms with Crippen LogP contribution in [0.25, 0.3) is 6.08 Å². The number of para-hydroxylation sites is 1. The van der Waals surface area contributed by atoms with Gasteiger partial charge in [0.05, 0.1) is 16.9 Å². The van der Waals surface area contributed by atoms with Crippen LogP contribution in [0.15, 0.2) is 34.7 Å². The van der Waals surface area contributed by atoms with Crippen LogP contribution in [0.5, 0.6) is 0 Å². The maximum absolute atomic E-state index is 12.1. The molecule has 0 aliphatic carbocycles. The largest absolute Gasteiger partial charge is 0.492 e. The van der Waals surface area contributed by atoms with Crippen molar-refractivity contribution in [3.63, 3.8) is 0 Å². The number of rotatable bonds is 5. The Kier molecular flexibility index (Phi) is 6.73. The summed E-state index contributed by atoms with van der Waals surface area (Å²) in [6.45, 7) is 13.4. The van der Waals surface area contributed by atoms with Gasteiger partial charge in [-0.1, -0.05) is 24.3 Å². The van der Waals surface area contributed by atoms with Crippen molar-refractivity contribution in [2.24, 2.45) is 4.99 Å². The number of benzene rings is 1. The summed E-state index contributed by atoms with van der Waals surface area (Å²) in [4.78, 5) is 26.6. The molecular weight excluding hydrogens is 371 g/mol. The number of alkyl carbamates (subject to hydrolysis) is 1. The van der Waals surface area contributed by atoms with Gasteiger partial charge in [-0.25, -0.2) is 9.59 Å². The van der Waals surface area contributed by atoms with Crippen LogP contribution in [0.4, 0.5) is 10.5 Å². The van der Waals surface area contributed by atoms with E-state index in [4.69, 9.17) is 14.0 Å². The molecule has 1 amide bonds. The molecule has 0 saturated carbocycles. The van der Waals surface area contributed by atoms with Crippen LogP contribution in [-0.4, -0.2) is 42.6 Å². The Morgan fingerprint density at radius 3 is 2.34 bits per heavy atom. The van der Waals surface area contributed by atoms with E-state index < -0.39 is 30.0 Å². The average Bonchev–Trinajstić information content (AvgIpc) is 2.79. The Balaban J connectivity index is 2.34. The zero-order chi connectivity index (χ0) is 21.9. The van der Waals surface area contributed by atoms with Gasteiger partial charge in [0, 0.05) is 12.1 Å². The van der Waals surface area contributed by atoms with Crippen LogP contribution in [0.2, 0.25) is 0 Å². The molecule has 0 bridgehead atoms. The minimum absolute atomic E-state index is 0.144. The van der Waals surface area contributed by atoms with Crippen LogP contribution in [-0.2, 0) is 18.8 Å². The van der Waals surface area contributed by atoms with Gasteiger partial charge in [0.25, 0.3) is 0 Å². The number of nitrogens with zero attached hydrogens (tertiary/aromatic N) is 1. The Bertz CT molecular complexity index is 820. The molecule has 1 aliphatic heterocycles. The number of nitrogens with one attached hydrogen (secondary N) is 1. The third-order valence-electron chi connectivity index (χ3n) is 4.84. The van der Waals surface area contributed by atoms with Crippen molar-refractivity contribution in [1.82, 2.24) is 5.32 Å². The normalized spacial score (nSPS) is 18.2. The molecule has 8 heteroatoms. The predicted molar refractivity (Wildman–Crippen MR) is 113 cm³/mol. The third kappa shape index (κ3) is 6.03. The topological polar surface area (TPSA) is 86.2 Å². The Morgan fingerprint density at radius 1 is 1.21 bits per heavy atom. The van der Waals surface area contributed by atoms with Crippen molar-refractivity contribution in [3.8, 4) is 0 Å². The second-order valence-corrected chi connectivity index (χ2v) is 8.92. The van der Waals surface area contributed by atoms with Crippen LogP contribution in [0, 0.1) is 0 Å². The summed E-state index contributed by atoms with van der Waals surface area (Å²) in [6.07, 6.45) is 2.82. The molecule has 1 heterocycles. The highest BCUT2D eigenvalue weighted by atomic mass is 16.7. The second-order valence-electron chi connectivity index (χ2n) is 8.92.